The number of hydrogen-bond donors (Lipinski definition) is 0. The second-order valence-corrected chi connectivity index (χ2v) is 11.0. The third kappa shape index (κ3) is 1.97. The number of fused-ring (bicyclic) bond motifs is 9. The average molecular weight is 357 g/mol. The lowest BCUT2D eigenvalue weighted by Crippen LogP contribution is -2.51. The smallest absolute Gasteiger partial charge is 0.313 e. The molecule has 4 bridgehead atoms. The van der Waals surface area contributed by atoms with E-state index in [0.29, 0.717) is 11.8 Å². The van der Waals surface area contributed by atoms with E-state index in [4.69, 9.17) is 4.74 Å². The molecule has 0 N–H and O–H groups in total. The van der Waals surface area contributed by atoms with Gasteiger partial charge < -0.3 is 4.74 Å². The van der Waals surface area contributed by atoms with Crippen molar-refractivity contribution in [3.05, 3.63) is 12.2 Å². The molecular formula is C24H36O2. The highest BCUT2D eigenvalue weighted by molar-refractivity contribution is 5.79. The van der Waals surface area contributed by atoms with E-state index in [1.807, 2.05) is 0 Å². The molecular weight excluding hydrogens is 320 g/mol. The highest BCUT2D eigenvalue weighted by Crippen LogP contribution is 2.75. The molecule has 5 aliphatic rings. The first kappa shape index (κ1) is 17.3. The lowest BCUT2D eigenvalue weighted by atomic mass is 9.55. The summed E-state index contributed by atoms with van der Waals surface area (Å²) in [6.45, 7) is 11.7. The summed E-state index contributed by atoms with van der Waals surface area (Å²) in [5, 5.41) is 0. The maximum Gasteiger partial charge on any atom is 0.313 e. The molecule has 0 radical (unpaired) electrons. The van der Waals surface area contributed by atoms with Crippen molar-refractivity contribution in [1.82, 2.24) is 0 Å². The van der Waals surface area contributed by atoms with Gasteiger partial charge in [-0.25, -0.2) is 0 Å². The van der Waals surface area contributed by atoms with E-state index in [9.17, 15) is 4.79 Å². The topological polar surface area (TPSA) is 26.3 Å². The fraction of sp³-hybridized carbons (Fsp3) is 0.875. The standard InChI is InChI=1S/C24H36O2/c1-13-14(2)17-11-16(13)20-18-12-19(21(17)20)24(5,15(18)3)22(25)26-23(4)9-7-6-8-10-23/h7,9,13-21H,6,8,10-12H2,1-5H3. The van der Waals surface area contributed by atoms with Gasteiger partial charge in [0.2, 0.25) is 0 Å². The van der Waals surface area contributed by atoms with Crippen molar-refractivity contribution in [2.24, 2.45) is 58.7 Å². The second-order valence-electron chi connectivity index (χ2n) is 11.0. The van der Waals surface area contributed by atoms with E-state index in [0.717, 1.165) is 60.7 Å². The monoisotopic (exact) mass is 356 g/mol. The van der Waals surface area contributed by atoms with Gasteiger partial charge >= 0.3 is 5.97 Å². The fourth-order valence-corrected chi connectivity index (χ4v) is 8.58. The molecule has 2 heteroatoms. The van der Waals surface area contributed by atoms with Gasteiger partial charge in [-0.15, -0.1) is 0 Å². The van der Waals surface area contributed by atoms with Crippen LogP contribution >= 0.6 is 0 Å². The van der Waals surface area contributed by atoms with Gasteiger partial charge in [0.1, 0.15) is 5.60 Å². The Morgan fingerprint density at radius 3 is 2.35 bits per heavy atom. The molecule has 0 aromatic heterocycles. The quantitative estimate of drug-likeness (QED) is 0.372. The normalized spacial score (nSPS) is 59.7. The van der Waals surface area contributed by atoms with Crippen LogP contribution in [0.5, 0.6) is 0 Å². The zero-order valence-electron chi connectivity index (χ0n) is 17.2. The van der Waals surface area contributed by atoms with E-state index in [1.165, 1.54) is 12.8 Å². The Balaban J connectivity index is 1.43. The Morgan fingerprint density at radius 2 is 1.69 bits per heavy atom. The summed E-state index contributed by atoms with van der Waals surface area (Å²) in [5.74, 6) is 7.09. The van der Waals surface area contributed by atoms with E-state index in [2.05, 4.69) is 46.8 Å². The predicted octanol–water partition coefficient (Wildman–Crippen LogP) is 5.47. The van der Waals surface area contributed by atoms with Crippen LogP contribution in [0.15, 0.2) is 12.2 Å². The first-order valence-corrected chi connectivity index (χ1v) is 11.2. The van der Waals surface area contributed by atoms with E-state index >= 15 is 0 Å². The lowest BCUT2D eigenvalue weighted by Gasteiger charge is -2.50. The number of allylic oxidation sites excluding steroid dienone is 1. The van der Waals surface area contributed by atoms with Crippen LogP contribution in [-0.4, -0.2) is 11.6 Å². The Kier molecular flexibility index (Phi) is 3.59. The Labute approximate surface area is 159 Å². The Hall–Kier alpha value is -0.790. The molecule has 26 heavy (non-hydrogen) atoms. The molecule has 4 fully saturated rings. The van der Waals surface area contributed by atoms with Gasteiger partial charge in [0.25, 0.3) is 0 Å². The summed E-state index contributed by atoms with van der Waals surface area (Å²) in [6.07, 6.45) is 10.3. The highest BCUT2D eigenvalue weighted by Gasteiger charge is 2.72. The number of ether oxygens (including phenoxy) is 1. The Bertz CT molecular complexity index is 653. The minimum absolute atomic E-state index is 0.105. The van der Waals surface area contributed by atoms with Crippen LogP contribution < -0.4 is 0 Å². The number of esters is 1. The van der Waals surface area contributed by atoms with Gasteiger partial charge in [0.05, 0.1) is 5.41 Å². The number of rotatable bonds is 2. The zero-order valence-corrected chi connectivity index (χ0v) is 17.2. The first-order chi connectivity index (χ1) is 12.3. The molecule has 0 aliphatic heterocycles. The summed E-state index contributed by atoms with van der Waals surface area (Å²) in [7, 11) is 0. The third-order valence-corrected chi connectivity index (χ3v) is 10.3. The molecule has 0 heterocycles. The minimum Gasteiger partial charge on any atom is -0.455 e. The molecule has 2 nitrogen and oxygen atoms in total. The zero-order chi connectivity index (χ0) is 18.4. The SMILES string of the molecule is CC1C(C)C2CC1C1C3CC(C21)C(C)(C(=O)OC1(C)C=CCCC1)C3C. The van der Waals surface area contributed by atoms with Crippen LogP contribution in [0.25, 0.3) is 0 Å². The van der Waals surface area contributed by atoms with Gasteiger partial charge in [-0.2, -0.15) is 0 Å². The molecule has 0 aromatic rings. The van der Waals surface area contributed by atoms with Crippen LogP contribution in [0.2, 0.25) is 0 Å². The summed E-state index contributed by atoms with van der Waals surface area (Å²) in [4.78, 5) is 13.5. The minimum atomic E-state index is -0.379. The van der Waals surface area contributed by atoms with Gasteiger partial charge in [0.15, 0.2) is 0 Å². The molecule has 0 saturated heterocycles. The maximum atomic E-state index is 13.5. The van der Waals surface area contributed by atoms with Crippen molar-refractivity contribution < 1.29 is 9.53 Å². The van der Waals surface area contributed by atoms with Crippen LogP contribution in [0.4, 0.5) is 0 Å². The molecule has 5 rings (SSSR count). The van der Waals surface area contributed by atoms with Crippen LogP contribution in [0.3, 0.4) is 0 Å². The van der Waals surface area contributed by atoms with Crippen molar-refractivity contribution in [3.63, 3.8) is 0 Å². The van der Waals surface area contributed by atoms with Crippen molar-refractivity contribution in [2.45, 2.75) is 72.3 Å². The first-order valence-electron chi connectivity index (χ1n) is 11.2. The largest absolute Gasteiger partial charge is 0.455 e. The van der Waals surface area contributed by atoms with E-state index in [-0.39, 0.29) is 17.0 Å². The highest BCUT2D eigenvalue weighted by atomic mass is 16.6. The van der Waals surface area contributed by atoms with Gasteiger partial charge in [-0.05, 0) is 105 Å². The molecule has 0 aromatic carbocycles. The van der Waals surface area contributed by atoms with E-state index in [1.54, 1.807) is 0 Å². The molecule has 11 atom stereocenters. The molecule has 11 unspecified atom stereocenters. The number of carbonyl (C=O) groups is 1. The van der Waals surface area contributed by atoms with Crippen molar-refractivity contribution >= 4 is 5.97 Å². The van der Waals surface area contributed by atoms with Crippen molar-refractivity contribution in [1.29, 1.82) is 0 Å². The van der Waals surface area contributed by atoms with Crippen LogP contribution in [0.1, 0.15) is 66.7 Å². The van der Waals surface area contributed by atoms with E-state index < -0.39 is 0 Å². The van der Waals surface area contributed by atoms with Crippen molar-refractivity contribution in [3.8, 4) is 0 Å². The van der Waals surface area contributed by atoms with Crippen LogP contribution in [0, 0.1) is 58.7 Å². The van der Waals surface area contributed by atoms with Gasteiger partial charge in [-0.1, -0.05) is 26.8 Å². The second kappa shape index (κ2) is 5.39. The number of carbonyl (C=O) groups excluding carboxylic acids is 1. The molecule has 5 aliphatic carbocycles. The number of hydrogen-bond acceptors (Lipinski definition) is 2. The van der Waals surface area contributed by atoms with Crippen molar-refractivity contribution in [2.75, 3.05) is 0 Å². The molecule has 4 saturated carbocycles. The third-order valence-electron chi connectivity index (χ3n) is 10.3. The fourth-order valence-electron chi connectivity index (χ4n) is 8.58. The van der Waals surface area contributed by atoms with Crippen LogP contribution in [-0.2, 0) is 9.53 Å². The van der Waals surface area contributed by atoms with Gasteiger partial charge in [0, 0.05) is 0 Å². The average Bonchev–Trinajstić information content (AvgIpc) is 3.29. The van der Waals surface area contributed by atoms with Gasteiger partial charge in [-0.3, -0.25) is 4.79 Å². The summed E-state index contributed by atoms with van der Waals surface area (Å²) in [6, 6.07) is 0. The molecule has 0 spiro atoms. The Morgan fingerprint density at radius 1 is 1.00 bits per heavy atom. The summed E-state index contributed by atoms with van der Waals surface area (Å²) in [5.41, 5.74) is -0.649. The lowest BCUT2D eigenvalue weighted by molar-refractivity contribution is -0.178. The summed E-state index contributed by atoms with van der Waals surface area (Å²) < 4.78 is 6.24. The summed E-state index contributed by atoms with van der Waals surface area (Å²) >= 11 is 0. The molecule has 144 valence electrons. The molecule has 0 amide bonds. The predicted molar refractivity (Wildman–Crippen MR) is 103 cm³/mol. The maximum absolute atomic E-state index is 13.5.